The van der Waals surface area contributed by atoms with Crippen molar-refractivity contribution in [3.8, 4) is 0 Å². The number of benzene rings is 1. The maximum Gasteiger partial charge on any atom is 0.126 e. The Labute approximate surface area is 146 Å². The summed E-state index contributed by atoms with van der Waals surface area (Å²) in [7, 11) is 0. The molecule has 1 aromatic carbocycles. The van der Waals surface area contributed by atoms with Crippen LogP contribution in [0.15, 0.2) is 18.2 Å². The lowest BCUT2D eigenvalue weighted by molar-refractivity contribution is 0.162. The van der Waals surface area contributed by atoms with E-state index in [-0.39, 0.29) is 30.6 Å². The van der Waals surface area contributed by atoms with Crippen molar-refractivity contribution in [1.29, 1.82) is 0 Å². The first kappa shape index (κ1) is 21.6. The van der Waals surface area contributed by atoms with Crippen molar-refractivity contribution in [2.45, 2.75) is 45.6 Å². The van der Waals surface area contributed by atoms with E-state index in [1.807, 2.05) is 19.1 Å². The molecule has 5 heteroatoms. The lowest BCUT2D eigenvalue weighted by Crippen LogP contribution is -2.45. The molecule has 1 fully saturated rings. The first-order chi connectivity index (χ1) is 9.72. The zero-order valence-electron chi connectivity index (χ0n) is 13.6. The van der Waals surface area contributed by atoms with Gasteiger partial charge in [-0.15, -0.1) is 24.8 Å². The minimum atomic E-state index is -0.0960. The molecule has 1 aromatic rings. The molecule has 128 valence electrons. The second kappa shape index (κ2) is 11.2. The molecule has 1 saturated heterocycles. The van der Waals surface area contributed by atoms with Crippen molar-refractivity contribution in [2.75, 3.05) is 26.2 Å². The minimum absolute atomic E-state index is 0. The second-order valence-corrected chi connectivity index (χ2v) is 5.81. The number of halogens is 3. The van der Waals surface area contributed by atoms with Crippen LogP contribution < -0.4 is 5.32 Å². The number of hydrogen-bond donors (Lipinski definition) is 1. The molecule has 0 spiro atoms. The van der Waals surface area contributed by atoms with Crippen LogP contribution >= 0.6 is 24.8 Å². The number of hydrogen-bond acceptors (Lipinski definition) is 2. The number of rotatable bonds is 6. The smallest absolute Gasteiger partial charge is 0.126 e. The first-order valence-electron chi connectivity index (χ1n) is 7.93. The summed E-state index contributed by atoms with van der Waals surface area (Å²) >= 11 is 0. The summed E-state index contributed by atoms with van der Waals surface area (Å²) in [6.45, 7) is 8.40. The predicted molar refractivity (Wildman–Crippen MR) is 97.0 cm³/mol. The van der Waals surface area contributed by atoms with Gasteiger partial charge in [-0.3, -0.25) is 4.90 Å². The Bertz CT molecular complexity index is 423. The van der Waals surface area contributed by atoms with Crippen LogP contribution in [0.5, 0.6) is 0 Å². The molecular formula is C17H29Cl2FN2. The summed E-state index contributed by atoms with van der Waals surface area (Å²) in [6, 6.07) is 6.08. The number of nitrogens with one attached hydrogen (secondary N) is 1. The molecule has 2 nitrogen and oxygen atoms in total. The molecule has 0 bridgehead atoms. The number of nitrogens with zero attached hydrogens (tertiary/aromatic N) is 1. The van der Waals surface area contributed by atoms with E-state index in [2.05, 4.69) is 17.1 Å². The fraction of sp³-hybridized carbons (Fsp3) is 0.647. The van der Waals surface area contributed by atoms with E-state index in [1.165, 1.54) is 31.2 Å². The van der Waals surface area contributed by atoms with Gasteiger partial charge in [-0.25, -0.2) is 4.39 Å². The van der Waals surface area contributed by atoms with Gasteiger partial charge in [0.15, 0.2) is 0 Å². The highest BCUT2D eigenvalue weighted by Gasteiger charge is 2.22. The van der Waals surface area contributed by atoms with Gasteiger partial charge in [-0.1, -0.05) is 38.3 Å². The maximum absolute atomic E-state index is 13.5. The zero-order chi connectivity index (χ0) is 14.4. The van der Waals surface area contributed by atoms with Gasteiger partial charge >= 0.3 is 0 Å². The Morgan fingerprint density at radius 2 is 1.86 bits per heavy atom. The van der Waals surface area contributed by atoms with Crippen molar-refractivity contribution in [3.05, 3.63) is 35.1 Å². The quantitative estimate of drug-likeness (QED) is 0.759. The van der Waals surface area contributed by atoms with Crippen LogP contribution in [-0.4, -0.2) is 31.1 Å². The van der Waals surface area contributed by atoms with E-state index in [9.17, 15) is 4.39 Å². The minimum Gasteiger partial charge on any atom is -0.314 e. The first-order valence-corrected chi connectivity index (χ1v) is 7.93. The third-order valence-corrected chi connectivity index (χ3v) is 4.24. The molecule has 0 unspecified atom stereocenters. The molecule has 2 rings (SSSR count). The molecule has 1 aliphatic rings. The van der Waals surface area contributed by atoms with Crippen LogP contribution in [0.1, 0.15) is 49.8 Å². The maximum atomic E-state index is 13.5. The average molecular weight is 351 g/mol. The molecule has 0 aromatic heterocycles. The van der Waals surface area contributed by atoms with E-state index in [0.29, 0.717) is 6.04 Å². The lowest BCUT2D eigenvalue weighted by atomic mass is 9.96. The second-order valence-electron chi connectivity index (χ2n) is 5.81. The number of aryl methyl sites for hydroxylation is 1. The number of piperazine rings is 1. The van der Waals surface area contributed by atoms with Crippen LogP contribution in [0.25, 0.3) is 0 Å². The van der Waals surface area contributed by atoms with Crippen molar-refractivity contribution in [1.82, 2.24) is 10.2 Å². The monoisotopic (exact) mass is 350 g/mol. The Morgan fingerprint density at radius 1 is 1.18 bits per heavy atom. The molecule has 0 aliphatic carbocycles. The van der Waals surface area contributed by atoms with E-state index in [4.69, 9.17) is 0 Å². The van der Waals surface area contributed by atoms with Gasteiger partial charge in [-0.05, 0) is 30.5 Å². The number of unbranched alkanes of at least 4 members (excludes halogenated alkanes) is 2. The standard InChI is InChI=1S/C17H27FN2.2ClH/c1-3-4-5-6-17(20-11-9-19-10-12-20)15-7-8-16(18)14(2)13-15;;/h7-8,13,17,19H,3-6,9-12H2,1-2H3;2*1H/t17-;;/m1../s1. The topological polar surface area (TPSA) is 15.3 Å². The van der Waals surface area contributed by atoms with Gasteiger partial charge in [0.2, 0.25) is 0 Å². The Kier molecular flexibility index (Phi) is 11.0. The molecule has 1 atom stereocenters. The lowest BCUT2D eigenvalue weighted by Gasteiger charge is -2.35. The highest BCUT2D eigenvalue weighted by atomic mass is 35.5. The van der Waals surface area contributed by atoms with Crippen LogP contribution in [0.4, 0.5) is 4.39 Å². The largest absolute Gasteiger partial charge is 0.314 e. The van der Waals surface area contributed by atoms with Crippen LogP contribution in [0.3, 0.4) is 0 Å². The molecule has 0 saturated carbocycles. The van der Waals surface area contributed by atoms with Gasteiger partial charge in [0.05, 0.1) is 0 Å². The molecule has 1 aliphatic heterocycles. The van der Waals surface area contributed by atoms with Gasteiger partial charge in [0.1, 0.15) is 5.82 Å². The Hall–Kier alpha value is -0.350. The van der Waals surface area contributed by atoms with Crippen molar-refractivity contribution in [3.63, 3.8) is 0 Å². The summed E-state index contributed by atoms with van der Waals surface area (Å²) in [5.41, 5.74) is 2.04. The average Bonchev–Trinajstić information content (AvgIpc) is 2.48. The molecule has 22 heavy (non-hydrogen) atoms. The summed E-state index contributed by atoms with van der Waals surface area (Å²) in [5, 5.41) is 3.41. The van der Waals surface area contributed by atoms with E-state index in [0.717, 1.165) is 31.7 Å². The Balaban J connectivity index is 0.00000220. The molecular weight excluding hydrogens is 322 g/mol. The van der Waals surface area contributed by atoms with Crippen molar-refractivity contribution < 1.29 is 4.39 Å². The van der Waals surface area contributed by atoms with Crippen LogP contribution in [0.2, 0.25) is 0 Å². The fourth-order valence-electron chi connectivity index (χ4n) is 3.02. The van der Waals surface area contributed by atoms with Gasteiger partial charge in [0.25, 0.3) is 0 Å². The van der Waals surface area contributed by atoms with Crippen molar-refractivity contribution >= 4 is 24.8 Å². The SMILES string of the molecule is CCCCC[C@H](c1ccc(F)c(C)c1)N1CCNCC1.Cl.Cl. The molecule has 1 N–H and O–H groups in total. The van der Waals surface area contributed by atoms with Gasteiger partial charge in [0, 0.05) is 32.2 Å². The summed E-state index contributed by atoms with van der Waals surface area (Å²) in [6.07, 6.45) is 4.96. The van der Waals surface area contributed by atoms with E-state index < -0.39 is 0 Å². The van der Waals surface area contributed by atoms with Crippen molar-refractivity contribution in [2.24, 2.45) is 0 Å². The van der Waals surface area contributed by atoms with Gasteiger partial charge in [-0.2, -0.15) is 0 Å². The highest BCUT2D eigenvalue weighted by Crippen LogP contribution is 2.28. The van der Waals surface area contributed by atoms with E-state index >= 15 is 0 Å². The summed E-state index contributed by atoms with van der Waals surface area (Å²) in [5.74, 6) is -0.0960. The third kappa shape index (κ3) is 6.04. The normalized spacial score (nSPS) is 16.5. The van der Waals surface area contributed by atoms with Crippen LogP contribution in [0, 0.1) is 12.7 Å². The molecule has 1 heterocycles. The highest BCUT2D eigenvalue weighted by molar-refractivity contribution is 5.85. The Morgan fingerprint density at radius 3 is 2.45 bits per heavy atom. The molecule has 0 amide bonds. The third-order valence-electron chi connectivity index (χ3n) is 4.24. The fourth-order valence-corrected chi connectivity index (χ4v) is 3.02. The molecule has 0 radical (unpaired) electrons. The zero-order valence-corrected chi connectivity index (χ0v) is 15.2. The predicted octanol–water partition coefficient (Wildman–Crippen LogP) is 4.50. The van der Waals surface area contributed by atoms with E-state index in [1.54, 1.807) is 6.07 Å². The summed E-state index contributed by atoms with van der Waals surface area (Å²) in [4.78, 5) is 2.55. The van der Waals surface area contributed by atoms with Gasteiger partial charge < -0.3 is 5.32 Å². The summed E-state index contributed by atoms with van der Waals surface area (Å²) < 4.78 is 13.5. The van der Waals surface area contributed by atoms with Crippen LogP contribution in [-0.2, 0) is 0 Å².